The van der Waals surface area contributed by atoms with Gasteiger partial charge in [-0.05, 0) is 64.3 Å². The maximum absolute atomic E-state index is 12.4. The Morgan fingerprint density at radius 1 is 1.00 bits per heavy atom. The zero-order valence-corrected chi connectivity index (χ0v) is 21.2. The molecule has 1 aromatic carbocycles. The number of ether oxygens (including phenoxy) is 2. The number of anilines is 2. The number of hydrogen-bond donors (Lipinski definition) is 3. The summed E-state index contributed by atoms with van der Waals surface area (Å²) in [6, 6.07) is 8.86. The van der Waals surface area contributed by atoms with E-state index in [1.54, 1.807) is 33.8 Å². The predicted molar refractivity (Wildman–Crippen MR) is 136 cm³/mol. The van der Waals surface area contributed by atoms with E-state index in [1.165, 1.54) is 18.5 Å². The van der Waals surface area contributed by atoms with Crippen LogP contribution < -0.4 is 16.0 Å². The molecule has 0 saturated heterocycles. The Balaban J connectivity index is 1.78. The lowest BCUT2D eigenvalue weighted by molar-refractivity contribution is -0.117. The summed E-state index contributed by atoms with van der Waals surface area (Å²) in [7, 11) is 0. The fourth-order valence-electron chi connectivity index (χ4n) is 3.17. The van der Waals surface area contributed by atoms with Crippen LogP contribution in [0.3, 0.4) is 0 Å². The van der Waals surface area contributed by atoms with Gasteiger partial charge in [-0.25, -0.2) is 9.59 Å². The Bertz CT molecular complexity index is 1060. The van der Waals surface area contributed by atoms with Crippen LogP contribution in [0.4, 0.5) is 16.2 Å². The molecule has 0 aliphatic heterocycles. The topological polar surface area (TPSA) is 136 Å². The summed E-state index contributed by atoms with van der Waals surface area (Å²) < 4.78 is 10.1. The SMILES string of the molecule is CCOC(=O)c1ccncc1NC(=O)CCCc1cccc(NC(=O)CCNC(=O)OC(C)(C)C)c1. The molecule has 0 spiro atoms. The van der Waals surface area contributed by atoms with Crippen molar-refractivity contribution in [2.24, 2.45) is 0 Å². The van der Waals surface area contributed by atoms with Gasteiger partial charge in [0.05, 0.1) is 24.1 Å². The van der Waals surface area contributed by atoms with Crippen molar-refractivity contribution in [3.63, 3.8) is 0 Å². The van der Waals surface area contributed by atoms with Crippen molar-refractivity contribution in [1.82, 2.24) is 10.3 Å². The molecule has 36 heavy (non-hydrogen) atoms. The number of carbonyl (C=O) groups is 4. The van der Waals surface area contributed by atoms with Gasteiger partial charge in [0.25, 0.3) is 0 Å². The smallest absolute Gasteiger partial charge is 0.407 e. The van der Waals surface area contributed by atoms with Crippen LogP contribution in [0.5, 0.6) is 0 Å². The number of nitrogens with one attached hydrogen (secondary N) is 3. The van der Waals surface area contributed by atoms with Crippen LogP contribution in [0, 0.1) is 0 Å². The number of hydrogen-bond acceptors (Lipinski definition) is 7. The minimum atomic E-state index is -0.599. The lowest BCUT2D eigenvalue weighted by Gasteiger charge is -2.19. The first kappa shape index (κ1) is 28.3. The highest BCUT2D eigenvalue weighted by molar-refractivity contribution is 6.01. The Hall–Kier alpha value is -3.95. The van der Waals surface area contributed by atoms with E-state index in [9.17, 15) is 19.2 Å². The van der Waals surface area contributed by atoms with E-state index in [4.69, 9.17) is 9.47 Å². The highest BCUT2D eigenvalue weighted by Crippen LogP contribution is 2.17. The summed E-state index contributed by atoms with van der Waals surface area (Å²) in [5, 5.41) is 8.07. The predicted octanol–water partition coefficient (Wildman–Crippen LogP) is 4.07. The first-order valence-corrected chi connectivity index (χ1v) is 11.8. The molecule has 0 atom stereocenters. The van der Waals surface area contributed by atoms with Crippen molar-refractivity contribution < 1.29 is 28.7 Å². The maximum Gasteiger partial charge on any atom is 0.407 e. The summed E-state index contributed by atoms with van der Waals surface area (Å²) in [6.07, 6.45) is 3.84. The monoisotopic (exact) mass is 498 g/mol. The van der Waals surface area contributed by atoms with Gasteiger partial charge in [-0.15, -0.1) is 0 Å². The van der Waals surface area contributed by atoms with Crippen LogP contribution in [0.1, 0.15) is 62.9 Å². The molecule has 3 N–H and O–H groups in total. The second-order valence-corrected chi connectivity index (χ2v) is 8.97. The molecule has 0 radical (unpaired) electrons. The number of aromatic nitrogens is 1. The lowest BCUT2D eigenvalue weighted by Crippen LogP contribution is -2.34. The summed E-state index contributed by atoms with van der Waals surface area (Å²) in [5.41, 5.74) is 1.56. The van der Waals surface area contributed by atoms with Gasteiger partial charge in [0.2, 0.25) is 11.8 Å². The molecule has 0 fully saturated rings. The molecule has 2 aromatic rings. The number of amides is 3. The molecule has 1 aromatic heterocycles. The van der Waals surface area contributed by atoms with E-state index < -0.39 is 17.7 Å². The summed E-state index contributed by atoms with van der Waals surface area (Å²) in [5.74, 6) is -0.998. The van der Waals surface area contributed by atoms with Gasteiger partial charge < -0.3 is 25.4 Å². The zero-order valence-electron chi connectivity index (χ0n) is 21.2. The van der Waals surface area contributed by atoms with Crippen LogP contribution in [-0.2, 0) is 25.5 Å². The fraction of sp³-hybridized carbons (Fsp3) is 0.423. The number of esters is 1. The third-order valence-corrected chi connectivity index (χ3v) is 4.69. The molecule has 0 unspecified atom stereocenters. The fourth-order valence-corrected chi connectivity index (χ4v) is 3.17. The first-order valence-electron chi connectivity index (χ1n) is 11.8. The number of alkyl carbamates (subject to hydrolysis) is 1. The maximum atomic E-state index is 12.4. The van der Waals surface area contributed by atoms with E-state index in [-0.39, 0.29) is 43.4 Å². The quantitative estimate of drug-likeness (QED) is 0.397. The molecule has 2 rings (SSSR count). The van der Waals surface area contributed by atoms with E-state index in [1.807, 2.05) is 18.2 Å². The Labute approximate surface area is 211 Å². The molecule has 194 valence electrons. The lowest BCUT2D eigenvalue weighted by atomic mass is 10.1. The summed E-state index contributed by atoms with van der Waals surface area (Å²) in [6.45, 7) is 7.40. The average molecular weight is 499 g/mol. The number of benzene rings is 1. The third-order valence-electron chi connectivity index (χ3n) is 4.69. The second-order valence-electron chi connectivity index (χ2n) is 8.97. The van der Waals surface area contributed by atoms with E-state index in [0.717, 1.165) is 5.56 Å². The van der Waals surface area contributed by atoms with Crippen LogP contribution in [0.25, 0.3) is 0 Å². The van der Waals surface area contributed by atoms with Crippen LogP contribution in [0.2, 0.25) is 0 Å². The number of aryl methyl sites for hydroxylation is 1. The normalized spacial score (nSPS) is 10.8. The highest BCUT2D eigenvalue weighted by Gasteiger charge is 2.16. The van der Waals surface area contributed by atoms with Gasteiger partial charge in [0.15, 0.2) is 0 Å². The minimum Gasteiger partial charge on any atom is -0.462 e. The van der Waals surface area contributed by atoms with Crippen LogP contribution in [0.15, 0.2) is 42.7 Å². The van der Waals surface area contributed by atoms with E-state index in [2.05, 4.69) is 20.9 Å². The first-order chi connectivity index (χ1) is 17.1. The van der Waals surface area contributed by atoms with Crippen molar-refractivity contribution >= 4 is 35.3 Å². The minimum absolute atomic E-state index is 0.103. The molecule has 0 bridgehead atoms. The van der Waals surface area contributed by atoms with Gasteiger partial charge in [-0.2, -0.15) is 0 Å². The summed E-state index contributed by atoms with van der Waals surface area (Å²) >= 11 is 0. The Morgan fingerprint density at radius 3 is 2.47 bits per heavy atom. The van der Waals surface area contributed by atoms with Gasteiger partial charge in [-0.3, -0.25) is 14.6 Å². The molecule has 0 aliphatic rings. The van der Waals surface area contributed by atoms with Gasteiger partial charge in [0, 0.05) is 31.3 Å². The molecule has 1 heterocycles. The van der Waals surface area contributed by atoms with Crippen molar-refractivity contribution in [1.29, 1.82) is 0 Å². The van der Waals surface area contributed by atoms with Crippen molar-refractivity contribution in [3.8, 4) is 0 Å². The molecule has 10 heteroatoms. The number of nitrogens with zero attached hydrogens (tertiary/aromatic N) is 1. The third kappa shape index (κ3) is 10.5. The molecule has 0 aliphatic carbocycles. The molecule has 10 nitrogen and oxygen atoms in total. The molecular formula is C26H34N4O6. The van der Waals surface area contributed by atoms with Gasteiger partial charge in [-0.1, -0.05) is 12.1 Å². The largest absolute Gasteiger partial charge is 0.462 e. The Kier molecular flexibility index (Phi) is 10.9. The number of pyridine rings is 1. The van der Waals surface area contributed by atoms with Crippen molar-refractivity contribution in [2.45, 2.75) is 59.0 Å². The second kappa shape index (κ2) is 13.8. The summed E-state index contributed by atoms with van der Waals surface area (Å²) in [4.78, 5) is 52.2. The molecule has 3 amide bonds. The zero-order chi connectivity index (χ0) is 26.6. The van der Waals surface area contributed by atoms with Crippen LogP contribution in [-0.4, -0.2) is 47.6 Å². The van der Waals surface area contributed by atoms with E-state index >= 15 is 0 Å². The Morgan fingerprint density at radius 2 is 1.75 bits per heavy atom. The molecular weight excluding hydrogens is 464 g/mol. The highest BCUT2D eigenvalue weighted by atomic mass is 16.6. The molecule has 0 saturated carbocycles. The van der Waals surface area contributed by atoms with Gasteiger partial charge in [0.1, 0.15) is 5.60 Å². The van der Waals surface area contributed by atoms with E-state index in [0.29, 0.717) is 24.2 Å². The van der Waals surface area contributed by atoms with Crippen molar-refractivity contribution in [2.75, 3.05) is 23.8 Å². The number of rotatable bonds is 11. The van der Waals surface area contributed by atoms with Crippen molar-refractivity contribution in [3.05, 3.63) is 53.9 Å². The van der Waals surface area contributed by atoms with Gasteiger partial charge >= 0.3 is 12.1 Å². The standard InChI is InChI=1S/C26H34N4O6/c1-5-35-24(33)20-12-14-27-17-21(20)30-22(31)11-7-9-18-8-6-10-19(16-18)29-23(32)13-15-28-25(34)36-26(2,3)4/h6,8,10,12,14,16-17H,5,7,9,11,13,15H2,1-4H3,(H,28,34)(H,29,32)(H,30,31). The number of carbonyl (C=O) groups excluding carboxylic acids is 4. The van der Waals surface area contributed by atoms with Crippen LogP contribution >= 0.6 is 0 Å². The average Bonchev–Trinajstić information content (AvgIpc) is 2.78.